The molecule has 0 saturated carbocycles. The van der Waals surface area contributed by atoms with E-state index >= 15 is 0 Å². The molecule has 0 spiro atoms. The molecule has 0 aliphatic heterocycles. The van der Waals surface area contributed by atoms with E-state index in [-0.39, 0.29) is 67.5 Å². The van der Waals surface area contributed by atoms with E-state index in [0.29, 0.717) is 24.7 Å². The largest absolute Gasteiger partial charge is 4.00 e. The van der Waals surface area contributed by atoms with Crippen LogP contribution in [-0.2, 0) is 67.5 Å². The molecule has 260 valence electrons. The van der Waals surface area contributed by atoms with Gasteiger partial charge in [-0.2, -0.15) is 0 Å². The van der Waals surface area contributed by atoms with Crippen LogP contribution < -0.4 is 29.6 Å². The van der Waals surface area contributed by atoms with E-state index in [2.05, 4.69) is 10.6 Å². The van der Waals surface area contributed by atoms with Gasteiger partial charge in [0.2, 0.25) is 0 Å². The maximum Gasteiger partial charge on any atom is 4.00 e. The summed E-state index contributed by atoms with van der Waals surface area (Å²) in [4.78, 5) is 0. The van der Waals surface area contributed by atoms with Crippen LogP contribution >= 0.6 is 69.6 Å². The zero-order chi connectivity index (χ0) is 33.4. The minimum absolute atomic E-state index is 0. The van der Waals surface area contributed by atoms with Crippen LogP contribution in [0.2, 0.25) is 0 Å². The Kier molecular flexibility index (Phi) is 36.6. The SMILES string of the molecule is CC(C)([O-])C[N-]c1cccc[n+]1CC(C)(C)[O-].CC(C)([O-])C[N-]c1cccc[n+]1CC(C)(C)[O-].ClC(Cl)Cl.ClC(Cl)Cl.[O-2].[O-2].[Ti+4].[Ti+4]. The first-order chi connectivity index (χ1) is 18.8. The van der Waals surface area contributed by atoms with Crippen molar-refractivity contribution in [1.82, 2.24) is 0 Å². The molecule has 2 heterocycles. The molecular weight excluding hydrogens is 797 g/mol. The Bertz CT molecular complexity index is 923. The fraction of sp³-hybridized carbons (Fsp3) is 0.643. The van der Waals surface area contributed by atoms with Crippen molar-refractivity contribution in [1.29, 1.82) is 0 Å². The van der Waals surface area contributed by atoms with Crippen LogP contribution in [0, 0.1) is 0 Å². The summed E-state index contributed by atoms with van der Waals surface area (Å²) in [6.45, 7) is 14.0. The van der Waals surface area contributed by atoms with Gasteiger partial charge in [0.1, 0.15) is 11.6 Å². The molecule has 0 N–H and O–H groups in total. The average molecular weight is 839 g/mol. The van der Waals surface area contributed by atoms with Crippen LogP contribution in [0.5, 0.6) is 0 Å². The first-order valence-corrected chi connectivity index (χ1v) is 15.4. The van der Waals surface area contributed by atoms with Crippen LogP contribution in [0.15, 0.2) is 48.8 Å². The quantitative estimate of drug-likeness (QED) is 0.197. The van der Waals surface area contributed by atoms with E-state index in [4.69, 9.17) is 69.6 Å². The Morgan fingerprint density at radius 2 is 0.783 bits per heavy atom. The van der Waals surface area contributed by atoms with E-state index in [1.165, 1.54) is 0 Å². The Hall–Kier alpha value is 0.829. The van der Waals surface area contributed by atoms with Gasteiger partial charge in [-0.1, -0.05) is 148 Å². The van der Waals surface area contributed by atoms with Gasteiger partial charge in [0.15, 0.2) is 8.59 Å². The van der Waals surface area contributed by atoms with E-state index in [9.17, 15) is 20.4 Å². The third kappa shape index (κ3) is 42.9. The topological polar surface area (TPSA) is 185 Å². The Labute approximate surface area is 334 Å². The molecule has 0 unspecified atom stereocenters. The maximum absolute atomic E-state index is 11.7. The number of hydrogen-bond acceptors (Lipinski definition) is 4. The van der Waals surface area contributed by atoms with E-state index in [0.717, 1.165) is 0 Å². The molecule has 0 radical (unpaired) electrons. The molecule has 0 atom stereocenters. The molecular formula is C28H42Cl6N4O6Ti2. The first-order valence-electron chi connectivity index (χ1n) is 12.8. The van der Waals surface area contributed by atoms with Gasteiger partial charge in [-0.25, -0.2) is 0 Å². The Morgan fingerprint density at radius 1 is 0.543 bits per heavy atom. The summed E-state index contributed by atoms with van der Waals surface area (Å²) in [6, 6.07) is 11.0. The number of hydrogen-bond donors (Lipinski definition) is 0. The van der Waals surface area contributed by atoms with Crippen molar-refractivity contribution in [2.45, 2.75) is 99.5 Å². The molecule has 0 bridgehead atoms. The second-order valence-corrected chi connectivity index (χ2v) is 15.5. The van der Waals surface area contributed by atoms with Crippen molar-refractivity contribution >= 4 is 81.2 Å². The summed E-state index contributed by atoms with van der Waals surface area (Å²) in [5.74, 6) is 1.36. The normalized spacial score (nSPS) is 10.9. The van der Waals surface area contributed by atoms with Gasteiger partial charge in [0.05, 0.1) is 0 Å². The van der Waals surface area contributed by atoms with Crippen molar-refractivity contribution in [2.75, 3.05) is 13.1 Å². The molecule has 2 aromatic rings. The second kappa shape index (κ2) is 28.5. The van der Waals surface area contributed by atoms with Crippen LogP contribution in [0.1, 0.15) is 55.4 Å². The summed E-state index contributed by atoms with van der Waals surface area (Å²) in [6.07, 6.45) is 3.63. The summed E-state index contributed by atoms with van der Waals surface area (Å²) < 4.78 is 2.08. The summed E-state index contributed by atoms with van der Waals surface area (Å²) in [7, 11) is 0. The first kappa shape index (κ1) is 59.0. The molecule has 46 heavy (non-hydrogen) atoms. The molecule has 0 amide bonds. The van der Waals surface area contributed by atoms with Crippen molar-refractivity contribution in [2.24, 2.45) is 0 Å². The van der Waals surface area contributed by atoms with Crippen molar-refractivity contribution in [3.63, 3.8) is 0 Å². The molecule has 18 heteroatoms. The second-order valence-electron chi connectivity index (χ2n) is 11.5. The maximum atomic E-state index is 11.7. The zero-order valence-corrected chi connectivity index (χ0v) is 34.8. The summed E-state index contributed by atoms with van der Waals surface area (Å²) in [5, 5.41) is 55.0. The molecule has 2 aromatic heterocycles. The van der Waals surface area contributed by atoms with Crippen LogP contribution in [0.4, 0.5) is 11.6 Å². The third-order valence-corrected chi connectivity index (χ3v) is 4.18. The van der Waals surface area contributed by atoms with Gasteiger partial charge < -0.3 is 40.5 Å². The standard InChI is InChI=1S/2C13H20N2O2.2CHCl3.2O.2Ti/c2*1-12(2,16)9-14-11-7-5-6-8-15(11)10-13(3,4)17;2*2-1(3)4;;;;/h2*5-8H,9-10H2,1-4H3;2*1H;;;;/q2*-2;;;2*-2;2*+4. The molecule has 2 rings (SSSR count). The number of alkyl halides is 6. The fourth-order valence-corrected chi connectivity index (χ4v) is 2.85. The van der Waals surface area contributed by atoms with Gasteiger partial charge in [-0.15, -0.1) is 11.2 Å². The number of aromatic nitrogens is 2. The fourth-order valence-electron chi connectivity index (χ4n) is 2.85. The van der Waals surface area contributed by atoms with E-state index in [1.54, 1.807) is 64.5 Å². The molecule has 0 aromatic carbocycles. The predicted octanol–water partition coefficient (Wildman–Crippen LogP) is 4.24. The molecule has 0 fully saturated rings. The van der Waals surface area contributed by atoms with Gasteiger partial charge in [-0.3, -0.25) is 10.6 Å². The van der Waals surface area contributed by atoms with Crippen molar-refractivity contribution < 1.29 is 83.9 Å². The minimum atomic E-state index is -1.08. The number of rotatable bonds is 10. The van der Waals surface area contributed by atoms with Gasteiger partial charge in [-0.05, 0) is 24.3 Å². The average Bonchev–Trinajstić information content (AvgIpc) is 2.74. The van der Waals surface area contributed by atoms with Gasteiger partial charge in [0, 0.05) is 38.6 Å². The monoisotopic (exact) mass is 836 g/mol. The van der Waals surface area contributed by atoms with Crippen LogP contribution in [0.25, 0.3) is 10.6 Å². The van der Waals surface area contributed by atoms with Crippen molar-refractivity contribution in [3.05, 3.63) is 59.4 Å². The Morgan fingerprint density at radius 3 is 0.978 bits per heavy atom. The Balaban J connectivity index is -0.000000132. The summed E-state index contributed by atoms with van der Waals surface area (Å²) >= 11 is 28.8. The van der Waals surface area contributed by atoms with E-state index < -0.39 is 31.0 Å². The zero-order valence-electron chi connectivity index (χ0n) is 27.1. The molecule has 0 saturated heterocycles. The third-order valence-electron chi connectivity index (χ3n) is 4.18. The van der Waals surface area contributed by atoms with E-state index in [1.807, 2.05) is 48.8 Å². The number of nitrogens with zero attached hydrogens (tertiary/aromatic N) is 4. The van der Waals surface area contributed by atoms with Gasteiger partial charge in [0.25, 0.3) is 0 Å². The molecule has 0 aliphatic rings. The minimum Gasteiger partial charge on any atom is -2.00 e. The molecule has 10 nitrogen and oxygen atoms in total. The van der Waals surface area contributed by atoms with Crippen molar-refractivity contribution in [3.8, 4) is 0 Å². The van der Waals surface area contributed by atoms with Crippen LogP contribution in [0.3, 0.4) is 0 Å². The summed E-state index contributed by atoms with van der Waals surface area (Å²) in [5.41, 5.74) is -4.27. The number of halogens is 6. The van der Waals surface area contributed by atoms with Crippen LogP contribution in [-0.4, -0.2) is 44.1 Å². The predicted molar refractivity (Wildman–Crippen MR) is 169 cm³/mol. The number of pyridine rings is 2. The molecule has 0 aliphatic carbocycles. The smallest absolute Gasteiger partial charge is 2.00 e. The van der Waals surface area contributed by atoms with Gasteiger partial charge >= 0.3 is 43.4 Å².